The zero-order valence-corrected chi connectivity index (χ0v) is 18.9. The molecule has 168 valence electrons. The standard InChI is InChI=1S/C21H17BrN6O5/c1-10-3-4-12(22)7-15(10)25-19(30)17-18(24-9-23-17)20(31)28-21-26-14-6-5-13(8-16(14)27-21)33-32-11(2)29/h3-9H,1-2H3,(H,23,24)(H,25,30)(H2,26,27,28,31). The zero-order chi connectivity index (χ0) is 23.5. The van der Waals surface area contributed by atoms with Crippen LogP contribution in [0.5, 0.6) is 5.75 Å². The summed E-state index contributed by atoms with van der Waals surface area (Å²) in [6.45, 7) is 3.06. The van der Waals surface area contributed by atoms with Crippen LogP contribution in [0.1, 0.15) is 33.5 Å². The minimum atomic E-state index is -0.612. The largest absolute Gasteiger partial charge is 0.352 e. The number of nitrogens with zero attached hydrogens (tertiary/aromatic N) is 2. The van der Waals surface area contributed by atoms with Crippen LogP contribution in [-0.4, -0.2) is 37.7 Å². The van der Waals surface area contributed by atoms with Gasteiger partial charge in [-0.3, -0.25) is 24.7 Å². The lowest BCUT2D eigenvalue weighted by Gasteiger charge is -2.08. The first-order chi connectivity index (χ1) is 15.8. The van der Waals surface area contributed by atoms with Gasteiger partial charge in [-0.15, -0.1) is 0 Å². The van der Waals surface area contributed by atoms with Crippen molar-refractivity contribution < 1.29 is 24.2 Å². The molecule has 2 aromatic carbocycles. The van der Waals surface area contributed by atoms with Crippen molar-refractivity contribution in [1.29, 1.82) is 0 Å². The zero-order valence-electron chi connectivity index (χ0n) is 17.4. The van der Waals surface area contributed by atoms with Gasteiger partial charge in [0.05, 0.1) is 17.4 Å². The topological polar surface area (TPSA) is 151 Å². The molecule has 0 aliphatic rings. The molecule has 4 N–H and O–H groups in total. The highest BCUT2D eigenvalue weighted by atomic mass is 79.9. The summed E-state index contributed by atoms with van der Waals surface area (Å²) in [7, 11) is 0. The molecule has 0 aliphatic carbocycles. The van der Waals surface area contributed by atoms with Crippen LogP contribution in [0.3, 0.4) is 0 Å². The van der Waals surface area contributed by atoms with Gasteiger partial charge in [-0.1, -0.05) is 22.0 Å². The van der Waals surface area contributed by atoms with E-state index in [1.807, 2.05) is 19.1 Å². The van der Waals surface area contributed by atoms with Crippen LogP contribution < -0.4 is 15.5 Å². The quantitative estimate of drug-likeness (QED) is 0.227. The lowest BCUT2D eigenvalue weighted by atomic mass is 10.2. The van der Waals surface area contributed by atoms with Crippen LogP contribution in [0.4, 0.5) is 11.6 Å². The molecular formula is C21H17BrN6O5. The Morgan fingerprint density at radius 2 is 1.88 bits per heavy atom. The summed E-state index contributed by atoms with van der Waals surface area (Å²) in [6, 6.07) is 10.2. The Labute approximate surface area is 195 Å². The van der Waals surface area contributed by atoms with Crippen molar-refractivity contribution in [3.8, 4) is 5.75 Å². The summed E-state index contributed by atoms with van der Waals surface area (Å²) < 4.78 is 0.801. The van der Waals surface area contributed by atoms with Gasteiger partial charge in [0.1, 0.15) is 5.69 Å². The molecule has 2 amide bonds. The summed E-state index contributed by atoms with van der Waals surface area (Å²) in [5, 5.41) is 5.35. The third-order valence-corrected chi connectivity index (χ3v) is 4.96. The van der Waals surface area contributed by atoms with Gasteiger partial charge in [0, 0.05) is 23.2 Å². The van der Waals surface area contributed by atoms with Crippen molar-refractivity contribution in [3.05, 3.63) is 64.1 Å². The number of hydrogen-bond donors (Lipinski definition) is 4. The molecule has 0 fully saturated rings. The molecule has 12 heteroatoms. The van der Waals surface area contributed by atoms with Crippen LogP contribution in [-0.2, 0) is 9.68 Å². The Morgan fingerprint density at radius 1 is 1.06 bits per heavy atom. The number of fused-ring (bicyclic) bond motifs is 1. The molecule has 11 nitrogen and oxygen atoms in total. The molecular weight excluding hydrogens is 496 g/mol. The summed E-state index contributed by atoms with van der Waals surface area (Å²) >= 11 is 3.37. The lowest BCUT2D eigenvalue weighted by molar-refractivity contribution is -0.210. The number of aryl methyl sites for hydroxylation is 1. The predicted octanol–water partition coefficient (Wildman–Crippen LogP) is 3.72. The van der Waals surface area contributed by atoms with E-state index in [1.165, 1.54) is 19.3 Å². The smallest absolute Gasteiger partial charge is 0.340 e. The molecule has 0 radical (unpaired) electrons. The monoisotopic (exact) mass is 512 g/mol. The predicted molar refractivity (Wildman–Crippen MR) is 122 cm³/mol. The van der Waals surface area contributed by atoms with Crippen LogP contribution in [0, 0.1) is 6.92 Å². The summed E-state index contributed by atoms with van der Waals surface area (Å²) in [5.74, 6) is -1.35. The first-order valence-electron chi connectivity index (χ1n) is 9.57. The number of imidazole rings is 2. The van der Waals surface area contributed by atoms with E-state index in [0.29, 0.717) is 16.7 Å². The van der Waals surface area contributed by atoms with E-state index >= 15 is 0 Å². The Morgan fingerprint density at radius 3 is 2.67 bits per heavy atom. The number of nitrogens with one attached hydrogen (secondary N) is 4. The molecule has 33 heavy (non-hydrogen) atoms. The molecule has 0 saturated heterocycles. The second kappa shape index (κ2) is 9.12. The molecule has 4 rings (SSSR count). The number of carbonyl (C=O) groups excluding carboxylic acids is 3. The number of anilines is 2. The van der Waals surface area contributed by atoms with Crippen LogP contribution in [0.15, 0.2) is 47.2 Å². The molecule has 0 bridgehead atoms. The maximum Gasteiger partial charge on any atom is 0.352 e. The number of aromatic nitrogens is 4. The molecule has 4 aromatic rings. The Hall–Kier alpha value is -4.19. The maximum atomic E-state index is 12.8. The fourth-order valence-electron chi connectivity index (χ4n) is 2.92. The molecule has 2 heterocycles. The van der Waals surface area contributed by atoms with Gasteiger partial charge in [0.15, 0.2) is 11.4 Å². The van der Waals surface area contributed by atoms with Crippen molar-refractivity contribution in [2.24, 2.45) is 0 Å². The Kier molecular flexibility index (Phi) is 6.09. The minimum Gasteiger partial charge on any atom is -0.340 e. The normalized spacial score (nSPS) is 10.6. The molecule has 2 aromatic heterocycles. The van der Waals surface area contributed by atoms with E-state index in [4.69, 9.17) is 4.89 Å². The summed E-state index contributed by atoms with van der Waals surface area (Å²) in [5.41, 5.74) is 2.41. The second-order valence-corrected chi connectivity index (χ2v) is 7.83. The third kappa shape index (κ3) is 5.01. The van der Waals surface area contributed by atoms with E-state index in [-0.39, 0.29) is 23.1 Å². The molecule has 0 unspecified atom stereocenters. The van der Waals surface area contributed by atoms with E-state index in [0.717, 1.165) is 10.0 Å². The highest BCUT2D eigenvalue weighted by Crippen LogP contribution is 2.23. The van der Waals surface area contributed by atoms with Crippen LogP contribution in [0.25, 0.3) is 11.0 Å². The number of H-pyrrole nitrogens is 2. The van der Waals surface area contributed by atoms with Gasteiger partial charge in [-0.25, -0.2) is 14.8 Å². The Bertz CT molecular complexity index is 1380. The average Bonchev–Trinajstić information content (AvgIpc) is 3.41. The van der Waals surface area contributed by atoms with Gasteiger partial charge < -0.3 is 15.3 Å². The SMILES string of the molecule is CC(=O)OOc1ccc2[nH]c(NC(=O)c3[nH]cnc3C(=O)Nc3cc(Br)ccc3C)nc2c1. The molecule has 0 aliphatic heterocycles. The number of carbonyl (C=O) groups is 3. The summed E-state index contributed by atoms with van der Waals surface area (Å²) in [4.78, 5) is 59.6. The van der Waals surface area contributed by atoms with Gasteiger partial charge >= 0.3 is 5.97 Å². The van der Waals surface area contributed by atoms with E-state index in [9.17, 15) is 14.4 Å². The minimum absolute atomic E-state index is 0.0283. The fraction of sp³-hybridized carbons (Fsp3) is 0.0952. The number of aromatic amines is 2. The number of amides is 2. The highest BCUT2D eigenvalue weighted by molar-refractivity contribution is 9.10. The lowest BCUT2D eigenvalue weighted by Crippen LogP contribution is -2.21. The molecule has 0 atom stereocenters. The highest BCUT2D eigenvalue weighted by Gasteiger charge is 2.22. The number of halogens is 1. The number of rotatable bonds is 6. The van der Waals surface area contributed by atoms with Crippen LogP contribution in [0.2, 0.25) is 0 Å². The number of hydrogen-bond acceptors (Lipinski definition) is 7. The van der Waals surface area contributed by atoms with Crippen molar-refractivity contribution in [2.75, 3.05) is 10.6 Å². The Balaban J connectivity index is 1.50. The first-order valence-corrected chi connectivity index (χ1v) is 10.4. The van der Waals surface area contributed by atoms with Gasteiger partial charge in [0.25, 0.3) is 11.8 Å². The average molecular weight is 513 g/mol. The molecule has 0 saturated carbocycles. The molecule has 0 spiro atoms. The van der Waals surface area contributed by atoms with Crippen molar-refractivity contribution in [1.82, 2.24) is 19.9 Å². The first kappa shape index (κ1) is 22.0. The van der Waals surface area contributed by atoms with Gasteiger partial charge in [-0.05, 0) is 36.8 Å². The second-order valence-electron chi connectivity index (χ2n) is 6.92. The fourth-order valence-corrected chi connectivity index (χ4v) is 3.28. The van der Waals surface area contributed by atoms with Gasteiger partial charge in [-0.2, -0.15) is 0 Å². The number of benzene rings is 2. The van der Waals surface area contributed by atoms with Crippen LogP contribution >= 0.6 is 15.9 Å². The van der Waals surface area contributed by atoms with Crippen molar-refractivity contribution in [3.63, 3.8) is 0 Å². The van der Waals surface area contributed by atoms with Crippen molar-refractivity contribution >= 4 is 56.4 Å². The van der Waals surface area contributed by atoms with E-state index in [2.05, 4.69) is 51.4 Å². The van der Waals surface area contributed by atoms with Crippen molar-refractivity contribution in [2.45, 2.75) is 13.8 Å². The third-order valence-electron chi connectivity index (χ3n) is 4.47. The maximum absolute atomic E-state index is 12.8. The van der Waals surface area contributed by atoms with E-state index in [1.54, 1.807) is 18.2 Å². The summed E-state index contributed by atoms with van der Waals surface area (Å²) in [6.07, 6.45) is 1.26. The van der Waals surface area contributed by atoms with Gasteiger partial charge in [0.2, 0.25) is 5.95 Å². The van der Waals surface area contributed by atoms with E-state index < -0.39 is 17.8 Å².